The number of nitrogens with zero attached hydrogens (tertiary/aromatic N) is 3. The first-order valence-corrected chi connectivity index (χ1v) is 10.8. The Morgan fingerprint density at radius 2 is 1.70 bits per heavy atom. The second kappa shape index (κ2) is 7.51. The largest absolute Gasteiger partial charge is 0.370 e. The van der Waals surface area contributed by atoms with Gasteiger partial charge in [0.25, 0.3) is 0 Å². The molecule has 0 spiro atoms. The number of anilines is 1. The van der Waals surface area contributed by atoms with Crippen LogP contribution in [0.2, 0.25) is 0 Å². The molecule has 2 aromatic rings. The molecule has 0 N–H and O–H groups in total. The average Bonchev–Trinajstić information content (AvgIpc) is 3.51. The zero-order chi connectivity index (χ0) is 19.1. The summed E-state index contributed by atoms with van der Waals surface area (Å²) in [4.78, 5) is 22.3. The van der Waals surface area contributed by atoms with E-state index in [0.29, 0.717) is 12.1 Å². The molecule has 0 amide bonds. The number of hydrogen-bond acceptors (Lipinski definition) is 4. The van der Waals surface area contributed by atoms with Gasteiger partial charge in [0.2, 0.25) is 0 Å². The molecule has 1 aromatic heterocycles. The van der Waals surface area contributed by atoms with Crippen molar-refractivity contribution in [2.45, 2.75) is 50.6 Å². The monoisotopic (exact) mass is 429 g/mol. The van der Waals surface area contributed by atoms with E-state index in [0.717, 1.165) is 52.3 Å². The van der Waals surface area contributed by atoms with E-state index >= 15 is 0 Å². The minimum atomic E-state index is 0.202. The highest BCUT2D eigenvalue weighted by atomic mass is 79.9. The summed E-state index contributed by atoms with van der Waals surface area (Å²) in [6, 6.07) is 7.31. The molecule has 27 heavy (non-hydrogen) atoms. The number of rotatable bonds is 5. The fraction of sp³-hybridized carbons (Fsp3) is 0.545. The highest BCUT2D eigenvalue weighted by Gasteiger charge is 2.34. The first-order chi connectivity index (χ1) is 13.0. The van der Waals surface area contributed by atoms with Crippen LogP contribution < -0.4 is 4.90 Å². The van der Waals surface area contributed by atoms with Gasteiger partial charge in [-0.3, -0.25) is 9.78 Å². The quantitative estimate of drug-likeness (QED) is 0.633. The van der Waals surface area contributed by atoms with Gasteiger partial charge >= 0.3 is 0 Å². The van der Waals surface area contributed by atoms with Crippen molar-refractivity contribution in [1.29, 1.82) is 0 Å². The Morgan fingerprint density at radius 3 is 2.33 bits per heavy atom. The molecule has 2 aliphatic rings. The van der Waals surface area contributed by atoms with Crippen LogP contribution in [0.5, 0.6) is 0 Å². The summed E-state index contributed by atoms with van der Waals surface area (Å²) in [6.45, 7) is 0. The van der Waals surface area contributed by atoms with Crippen LogP contribution in [0.15, 0.2) is 28.9 Å². The van der Waals surface area contributed by atoms with Gasteiger partial charge in [0.1, 0.15) is 0 Å². The number of hydrogen-bond donors (Lipinski definition) is 0. The summed E-state index contributed by atoms with van der Waals surface area (Å²) in [5.41, 5.74) is 2.83. The lowest BCUT2D eigenvalue weighted by Crippen LogP contribution is -2.41. The number of carbonyl (C=O) groups is 1. The van der Waals surface area contributed by atoms with Crippen molar-refractivity contribution in [3.05, 3.63) is 34.4 Å². The molecule has 1 heterocycles. The maximum atomic E-state index is 13.0. The van der Waals surface area contributed by atoms with Gasteiger partial charge in [-0.1, -0.05) is 15.9 Å². The van der Waals surface area contributed by atoms with Crippen LogP contribution in [0.1, 0.15) is 48.9 Å². The van der Waals surface area contributed by atoms with Crippen LogP contribution in [-0.4, -0.2) is 48.9 Å². The maximum absolute atomic E-state index is 13.0. The van der Waals surface area contributed by atoms with E-state index in [9.17, 15) is 4.79 Å². The van der Waals surface area contributed by atoms with E-state index in [-0.39, 0.29) is 11.7 Å². The van der Waals surface area contributed by atoms with Gasteiger partial charge in [-0.15, -0.1) is 0 Å². The zero-order valence-corrected chi connectivity index (χ0v) is 18.0. The molecule has 1 aromatic carbocycles. The third-order valence-electron chi connectivity index (χ3n) is 6.31. The molecule has 0 aliphatic heterocycles. The second-order valence-corrected chi connectivity index (χ2v) is 9.27. The van der Waals surface area contributed by atoms with Crippen LogP contribution >= 0.6 is 15.9 Å². The summed E-state index contributed by atoms with van der Waals surface area (Å²) in [5.74, 6) is 0.473. The molecular formula is C22H28BrN3O. The van der Waals surface area contributed by atoms with Gasteiger partial charge in [-0.25, -0.2) is 0 Å². The summed E-state index contributed by atoms with van der Waals surface area (Å²) < 4.78 is 1.03. The van der Waals surface area contributed by atoms with Crippen molar-refractivity contribution in [2.24, 2.45) is 5.92 Å². The Bertz CT molecular complexity index is 854. The van der Waals surface area contributed by atoms with Crippen molar-refractivity contribution in [1.82, 2.24) is 9.88 Å². The average molecular weight is 430 g/mol. The van der Waals surface area contributed by atoms with Crippen LogP contribution in [-0.2, 0) is 0 Å². The van der Waals surface area contributed by atoms with Gasteiger partial charge in [-0.2, -0.15) is 0 Å². The first kappa shape index (κ1) is 18.9. The molecule has 2 aliphatic carbocycles. The van der Waals surface area contributed by atoms with E-state index < -0.39 is 0 Å². The number of carbonyl (C=O) groups excluding carboxylic acids is 1. The first-order valence-electron chi connectivity index (χ1n) is 9.97. The topological polar surface area (TPSA) is 36.4 Å². The minimum Gasteiger partial charge on any atom is -0.370 e. The van der Waals surface area contributed by atoms with Crippen LogP contribution in [0.4, 0.5) is 5.69 Å². The zero-order valence-electron chi connectivity index (χ0n) is 16.4. The SMILES string of the molecule is CN(C)C1CCC(N(C)c2c(C(=O)C3CC3)cnc3ccc(Br)cc23)CC1. The normalized spacial score (nSPS) is 23.0. The van der Waals surface area contributed by atoms with E-state index in [4.69, 9.17) is 0 Å². The molecular weight excluding hydrogens is 402 g/mol. The highest BCUT2D eigenvalue weighted by Crippen LogP contribution is 2.40. The number of halogens is 1. The highest BCUT2D eigenvalue weighted by molar-refractivity contribution is 9.10. The standard InChI is InChI=1S/C22H28BrN3O/c1-25(2)16-7-9-17(10-8-16)26(3)21-18-12-15(23)6-11-20(18)24-13-19(21)22(27)14-4-5-14/h6,11-14,16-17H,4-5,7-10H2,1-3H3. The fourth-order valence-electron chi connectivity index (χ4n) is 4.42. The van der Waals surface area contributed by atoms with E-state index in [1.165, 1.54) is 12.8 Å². The summed E-state index contributed by atoms with van der Waals surface area (Å²) in [7, 11) is 6.52. The lowest BCUT2D eigenvalue weighted by atomic mass is 9.89. The lowest BCUT2D eigenvalue weighted by Gasteiger charge is -2.39. The number of Topliss-reactive ketones (excluding diaryl/α,β-unsaturated/α-hetero) is 1. The number of aromatic nitrogens is 1. The molecule has 0 radical (unpaired) electrons. The Kier molecular flexibility index (Phi) is 5.26. The second-order valence-electron chi connectivity index (χ2n) is 8.36. The van der Waals surface area contributed by atoms with Crippen LogP contribution in [0.25, 0.3) is 10.9 Å². The van der Waals surface area contributed by atoms with Crippen molar-refractivity contribution in [3.63, 3.8) is 0 Å². The van der Waals surface area contributed by atoms with Gasteiger partial charge in [0.05, 0.1) is 16.8 Å². The van der Waals surface area contributed by atoms with Crippen molar-refractivity contribution < 1.29 is 4.79 Å². The van der Waals surface area contributed by atoms with Crippen LogP contribution in [0.3, 0.4) is 0 Å². The Balaban J connectivity index is 1.73. The Morgan fingerprint density at radius 1 is 1.04 bits per heavy atom. The van der Waals surface area contributed by atoms with Crippen molar-refractivity contribution in [2.75, 3.05) is 26.0 Å². The van der Waals surface area contributed by atoms with E-state index in [1.807, 2.05) is 18.3 Å². The van der Waals surface area contributed by atoms with Gasteiger partial charge in [0.15, 0.2) is 5.78 Å². The number of fused-ring (bicyclic) bond motifs is 1. The predicted octanol–water partition coefficient (Wildman–Crippen LogP) is 4.90. The molecule has 2 fully saturated rings. The molecule has 0 unspecified atom stereocenters. The third-order valence-corrected chi connectivity index (χ3v) is 6.81. The summed E-state index contributed by atoms with van der Waals surface area (Å²) in [6.07, 6.45) is 8.59. The molecule has 4 nitrogen and oxygen atoms in total. The smallest absolute Gasteiger partial charge is 0.169 e. The molecule has 0 bridgehead atoms. The maximum Gasteiger partial charge on any atom is 0.169 e. The lowest BCUT2D eigenvalue weighted by molar-refractivity contribution is 0.0968. The minimum absolute atomic E-state index is 0.202. The summed E-state index contributed by atoms with van der Waals surface area (Å²) in [5, 5.41) is 1.08. The molecule has 0 atom stereocenters. The molecule has 144 valence electrons. The van der Waals surface area contributed by atoms with Crippen molar-refractivity contribution >= 4 is 38.3 Å². The number of pyridine rings is 1. The van der Waals surface area contributed by atoms with E-state index in [1.54, 1.807) is 0 Å². The summed E-state index contributed by atoms with van der Waals surface area (Å²) >= 11 is 3.60. The predicted molar refractivity (Wildman–Crippen MR) is 115 cm³/mol. The Labute approximate surface area is 170 Å². The molecule has 2 saturated carbocycles. The number of benzene rings is 1. The van der Waals surface area contributed by atoms with Gasteiger partial charge in [-0.05, 0) is 70.8 Å². The van der Waals surface area contributed by atoms with E-state index in [2.05, 4.69) is 57.9 Å². The molecule has 4 rings (SSSR count). The Hall–Kier alpha value is -1.46. The van der Waals surface area contributed by atoms with Gasteiger partial charge in [0, 0.05) is 41.1 Å². The van der Waals surface area contributed by atoms with Crippen molar-refractivity contribution in [3.8, 4) is 0 Å². The molecule has 0 saturated heterocycles. The van der Waals surface area contributed by atoms with Crippen LogP contribution in [0, 0.1) is 5.92 Å². The third kappa shape index (κ3) is 3.77. The fourth-order valence-corrected chi connectivity index (χ4v) is 4.78. The number of ketones is 1. The van der Waals surface area contributed by atoms with Gasteiger partial charge < -0.3 is 9.80 Å². The molecule has 5 heteroatoms.